The third-order valence-corrected chi connectivity index (χ3v) is 5.43. The summed E-state index contributed by atoms with van der Waals surface area (Å²) < 4.78 is 0. The van der Waals surface area contributed by atoms with Crippen molar-refractivity contribution < 1.29 is 0 Å². The van der Waals surface area contributed by atoms with Crippen LogP contribution in [-0.2, 0) is 0 Å². The van der Waals surface area contributed by atoms with E-state index in [1.54, 1.807) is 0 Å². The van der Waals surface area contributed by atoms with Gasteiger partial charge in [0.1, 0.15) is 0 Å². The number of nitrogens with two attached hydrogens (primary N) is 1. The standard InChI is InChI=1S/C16H32N2/c1-3-18(13(2)11-14-7-6-8-14)16-10-5-4-9-15(16)12-17/h13-16H,3-12,17H2,1-2H3. The molecule has 2 aliphatic carbocycles. The zero-order valence-electron chi connectivity index (χ0n) is 12.4. The Morgan fingerprint density at radius 1 is 1.11 bits per heavy atom. The van der Waals surface area contributed by atoms with Gasteiger partial charge in [-0.1, -0.05) is 39.0 Å². The summed E-state index contributed by atoms with van der Waals surface area (Å²) >= 11 is 0. The monoisotopic (exact) mass is 252 g/mol. The van der Waals surface area contributed by atoms with Crippen molar-refractivity contribution in [3.63, 3.8) is 0 Å². The van der Waals surface area contributed by atoms with E-state index in [0.717, 1.165) is 30.5 Å². The third-order valence-electron chi connectivity index (χ3n) is 5.43. The lowest BCUT2D eigenvalue weighted by Crippen LogP contribution is -2.49. The highest BCUT2D eigenvalue weighted by molar-refractivity contribution is 4.87. The molecule has 0 amide bonds. The smallest absolute Gasteiger partial charge is 0.0138 e. The average molecular weight is 252 g/mol. The lowest BCUT2D eigenvalue weighted by Gasteiger charge is -2.44. The molecule has 2 aliphatic rings. The lowest BCUT2D eigenvalue weighted by molar-refractivity contribution is 0.0592. The molecule has 2 fully saturated rings. The molecular formula is C16H32N2. The van der Waals surface area contributed by atoms with Gasteiger partial charge in [-0.05, 0) is 51.1 Å². The van der Waals surface area contributed by atoms with Gasteiger partial charge in [0.15, 0.2) is 0 Å². The summed E-state index contributed by atoms with van der Waals surface area (Å²) in [6.07, 6.45) is 11.4. The fraction of sp³-hybridized carbons (Fsp3) is 1.00. The molecule has 0 aromatic rings. The largest absolute Gasteiger partial charge is 0.330 e. The minimum Gasteiger partial charge on any atom is -0.330 e. The zero-order valence-corrected chi connectivity index (χ0v) is 12.4. The van der Waals surface area contributed by atoms with Crippen LogP contribution in [0.3, 0.4) is 0 Å². The van der Waals surface area contributed by atoms with Crippen molar-refractivity contribution in [1.29, 1.82) is 0 Å². The van der Waals surface area contributed by atoms with E-state index >= 15 is 0 Å². The van der Waals surface area contributed by atoms with E-state index < -0.39 is 0 Å². The average Bonchev–Trinajstić information content (AvgIpc) is 2.35. The van der Waals surface area contributed by atoms with Crippen molar-refractivity contribution in [2.24, 2.45) is 17.6 Å². The van der Waals surface area contributed by atoms with Crippen LogP contribution in [0.1, 0.15) is 65.2 Å². The highest BCUT2D eigenvalue weighted by Gasteiger charge is 2.32. The molecule has 2 N–H and O–H groups in total. The molecule has 2 heteroatoms. The molecule has 0 saturated heterocycles. The van der Waals surface area contributed by atoms with Gasteiger partial charge >= 0.3 is 0 Å². The Labute approximate surface area is 113 Å². The third kappa shape index (κ3) is 3.27. The van der Waals surface area contributed by atoms with Crippen LogP contribution in [0.15, 0.2) is 0 Å². The molecule has 106 valence electrons. The zero-order chi connectivity index (χ0) is 13.0. The maximum Gasteiger partial charge on any atom is 0.0138 e. The summed E-state index contributed by atoms with van der Waals surface area (Å²) in [6, 6.07) is 1.53. The first-order valence-electron chi connectivity index (χ1n) is 8.22. The van der Waals surface area contributed by atoms with E-state index in [2.05, 4.69) is 18.7 Å². The van der Waals surface area contributed by atoms with E-state index in [0.29, 0.717) is 0 Å². The summed E-state index contributed by atoms with van der Waals surface area (Å²) in [5, 5.41) is 0. The fourth-order valence-electron chi connectivity index (χ4n) is 4.12. The Bertz CT molecular complexity index is 237. The Hall–Kier alpha value is -0.0800. The van der Waals surface area contributed by atoms with Gasteiger partial charge in [0.05, 0.1) is 0 Å². The van der Waals surface area contributed by atoms with Crippen LogP contribution in [-0.4, -0.2) is 30.1 Å². The van der Waals surface area contributed by atoms with Gasteiger partial charge < -0.3 is 5.73 Å². The van der Waals surface area contributed by atoms with Gasteiger partial charge in [0, 0.05) is 12.1 Å². The van der Waals surface area contributed by atoms with Gasteiger partial charge in [-0.3, -0.25) is 4.90 Å². The van der Waals surface area contributed by atoms with Crippen molar-refractivity contribution in [2.45, 2.75) is 77.3 Å². The highest BCUT2D eigenvalue weighted by Crippen LogP contribution is 2.34. The molecule has 0 aliphatic heterocycles. The van der Waals surface area contributed by atoms with E-state index in [9.17, 15) is 0 Å². The van der Waals surface area contributed by atoms with Gasteiger partial charge in [-0.25, -0.2) is 0 Å². The maximum absolute atomic E-state index is 6.00. The molecule has 0 aromatic carbocycles. The second-order valence-corrected chi connectivity index (χ2v) is 6.56. The van der Waals surface area contributed by atoms with Gasteiger partial charge in [0.25, 0.3) is 0 Å². The van der Waals surface area contributed by atoms with Crippen molar-refractivity contribution in [1.82, 2.24) is 4.90 Å². The van der Waals surface area contributed by atoms with Crippen molar-refractivity contribution in [3.8, 4) is 0 Å². The molecule has 0 heterocycles. The van der Waals surface area contributed by atoms with Crippen LogP contribution in [0.5, 0.6) is 0 Å². The van der Waals surface area contributed by atoms with Crippen LogP contribution in [0, 0.1) is 11.8 Å². The van der Waals surface area contributed by atoms with E-state index in [1.165, 1.54) is 57.9 Å². The fourth-order valence-corrected chi connectivity index (χ4v) is 4.12. The Morgan fingerprint density at radius 3 is 2.39 bits per heavy atom. The van der Waals surface area contributed by atoms with Crippen LogP contribution in [0.25, 0.3) is 0 Å². The molecule has 0 radical (unpaired) electrons. The van der Waals surface area contributed by atoms with E-state index in [4.69, 9.17) is 5.73 Å². The minimum atomic E-state index is 0.752. The van der Waals surface area contributed by atoms with Crippen molar-refractivity contribution >= 4 is 0 Å². The molecule has 0 aromatic heterocycles. The molecule has 18 heavy (non-hydrogen) atoms. The topological polar surface area (TPSA) is 29.3 Å². The number of rotatable bonds is 6. The number of hydrogen-bond acceptors (Lipinski definition) is 2. The van der Waals surface area contributed by atoms with Crippen LogP contribution in [0.4, 0.5) is 0 Å². The molecule has 3 unspecified atom stereocenters. The molecule has 0 bridgehead atoms. The second kappa shape index (κ2) is 6.91. The first-order valence-corrected chi connectivity index (χ1v) is 8.22. The Morgan fingerprint density at radius 2 is 1.83 bits per heavy atom. The molecule has 0 spiro atoms. The predicted molar refractivity (Wildman–Crippen MR) is 78.6 cm³/mol. The SMILES string of the molecule is CCN(C(C)CC1CCC1)C1CCCCC1CN. The highest BCUT2D eigenvalue weighted by atomic mass is 15.2. The normalized spacial score (nSPS) is 31.3. The summed E-state index contributed by atoms with van der Waals surface area (Å²) in [4.78, 5) is 2.77. The number of nitrogens with zero attached hydrogens (tertiary/aromatic N) is 1. The van der Waals surface area contributed by atoms with Gasteiger partial charge in [-0.15, -0.1) is 0 Å². The summed E-state index contributed by atoms with van der Waals surface area (Å²) in [6.45, 7) is 6.87. The predicted octanol–water partition coefficient (Wildman–Crippen LogP) is 3.40. The van der Waals surface area contributed by atoms with Crippen molar-refractivity contribution in [3.05, 3.63) is 0 Å². The Balaban J connectivity index is 1.91. The molecule has 2 rings (SSSR count). The first kappa shape index (κ1) is 14.3. The molecule has 2 nitrogen and oxygen atoms in total. The van der Waals surface area contributed by atoms with Crippen LogP contribution in [0.2, 0.25) is 0 Å². The molecule has 2 saturated carbocycles. The van der Waals surface area contributed by atoms with Gasteiger partial charge in [-0.2, -0.15) is 0 Å². The van der Waals surface area contributed by atoms with Crippen LogP contribution < -0.4 is 5.73 Å². The minimum absolute atomic E-state index is 0.752. The maximum atomic E-state index is 6.00. The Kier molecular flexibility index (Phi) is 5.50. The van der Waals surface area contributed by atoms with E-state index in [-0.39, 0.29) is 0 Å². The quantitative estimate of drug-likeness (QED) is 0.785. The van der Waals surface area contributed by atoms with Gasteiger partial charge in [0.2, 0.25) is 0 Å². The molecular weight excluding hydrogens is 220 g/mol. The second-order valence-electron chi connectivity index (χ2n) is 6.56. The van der Waals surface area contributed by atoms with Crippen LogP contribution >= 0.6 is 0 Å². The molecule has 3 atom stereocenters. The summed E-state index contributed by atoms with van der Waals surface area (Å²) in [5.74, 6) is 1.77. The summed E-state index contributed by atoms with van der Waals surface area (Å²) in [5.41, 5.74) is 6.00. The lowest BCUT2D eigenvalue weighted by atomic mass is 9.79. The first-order chi connectivity index (χ1) is 8.76. The van der Waals surface area contributed by atoms with Crippen molar-refractivity contribution in [2.75, 3.05) is 13.1 Å². The summed E-state index contributed by atoms with van der Waals surface area (Å²) in [7, 11) is 0. The van der Waals surface area contributed by atoms with E-state index in [1.807, 2.05) is 0 Å². The number of hydrogen-bond donors (Lipinski definition) is 1.